The van der Waals surface area contributed by atoms with Crippen LogP contribution in [0.2, 0.25) is 5.02 Å². The molecule has 2 aromatic carbocycles. The van der Waals surface area contributed by atoms with Crippen molar-refractivity contribution in [1.82, 2.24) is 9.21 Å². The number of ether oxygens (including phenoxy) is 1. The second-order valence-electron chi connectivity index (χ2n) is 7.92. The van der Waals surface area contributed by atoms with Crippen LogP contribution in [-0.4, -0.2) is 69.9 Å². The van der Waals surface area contributed by atoms with Crippen molar-refractivity contribution in [2.45, 2.75) is 25.7 Å². The van der Waals surface area contributed by atoms with Gasteiger partial charge in [-0.25, -0.2) is 8.42 Å². The quantitative estimate of drug-likeness (QED) is 0.609. The van der Waals surface area contributed by atoms with Crippen molar-refractivity contribution in [1.29, 1.82) is 0 Å². The Hall–Kier alpha value is -2.29. The largest absolute Gasteiger partial charge is 0.494 e. The van der Waals surface area contributed by atoms with Crippen LogP contribution in [0.4, 0.5) is 5.69 Å². The van der Waals surface area contributed by atoms with Crippen LogP contribution in [0.25, 0.3) is 0 Å². The number of amides is 1. The molecule has 1 fully saturated rings. The van der Waals surface area contributed by atoms with E-state index in [1.165, 1.54) is 13.1 Å². The van der Waals surface area contributed by atoms with Gasteiger partial charge in [0.1, 0.15) is 5.75 Å². The molecule has 1 aliphatic heterocycles. The van der Waals surface area contributed by atoms with E-state index in [1.807, 2.05) is 32.0 Å². The molecule has 0 N–H and O–H groups in total. The summed E-state index contributed by atoms with van der Waals surface area (Å²) in [4.78, 5) is 16.9. The van der Waals surface area contributed by atoms with Crippen LogP contribution in [0.1, 0.15) is 18.1 Å². The summed E-state index contributed by atoms with van der Waals surface area (Å²) in [5, 5.41) is 0.681. The Bertz CT molecular complexity index is 1080. The predicted molar refractivity (Wildman–Crippen MR) is 127 cm³/mol. The molecule has 174 valence electrons. The third kappa shape index (κ3) is 5.36. The lowest BCUT2D eigenvalue weighted by molar-refractivity contribution is -0.131. The van der Waals surface area contributed by atoms with Gasteiger partial charge in [0.15, 0.2) is 0 Å². The Morgan fingerprint density at radius 1 is 1.06 bits per heavy atom. The second kappa shape index (κ2) is 10.1. The minimum absolute atomic E-state index is 0.148. The number of halogens is 1. The number of likely N-dealkylation sites (N-methyl/N-ethyl adjacent to an activating group) is 1. The third-order valence-electron chi connectivity index (χ3n) is 5.66. The van der Waals surface area contributed by atoms with Crippen LogP contribution in [0.3, 0.4) is 0 Å². The maximum absolute atomic E-state index is 13.0. The van der Waals surface area contributed by atoms with E-state index < -0.39 is 10.0 Å². The number of hydrogen-bond acceptors (Lipinski definition) is 5. The van der Waals surface area contributed by atoms with Crippen LogP contribution < -0.4 is 9.64 Å². The van der Waals surface area contributed by atoms with Gasteiger partial charge in [-0.1, -0.05) is 17.7 Å². The highest BCUT2D eigenvalue weighted by atomic mass is 35.5. The molecule has 0 radical (unpaired) electrons. The van der Waals surface area contributed by atoms with Crippen molar-refractivity contribution in [2.75, 3.05) is 51.3 Å². The molecule has 0 unspecified atom stereocenters. The van der Waals surface area contributed by atoms with Crippen molar-refractivity contribution < 1.29 is 17.9 Å². The smallest absolute Gasteiger partial charge is 0.243 e. The van der Waals surface area contributed by atoms with Gasteiger partial charge in [-0.2, -0.15) is 4.31 Å². The molecule has 0 saturated carbocycles. The number of carbonyl (C=O) groups excluding carboxylic acids is 1. The van der Waals surface area contributed by atoms with Crippen LogP contribution in [0.5, 0.6) is 5.75 Å². The van der Waals surface area contributed by atoms with Crippen molar-refractivity contribution in [3.63, 3.8) is 0 Å². The molecule has 0 aromatic heterocycles. The van der Waals surface area contributed by atoms with Crippen molar-refractivity contribution in [3.8, 4) is 5.75 Å². The highest BCUT2D eigenvalue weighted by molar-refractivity contribution is 7.89. The Labute approximate surface area is 195 Å². The number of carbonyl (C=O) groups is 1. The Balaban J connectivity index is 1.62. The van der Waals surface area contributed by atoms with Gasteiger partial charge >= 0.3 is 0 Å². The number of rotatable bonds is 7. The minimum atomic E-state index is -3.79. The van der Waals surface area contributed by atoms with Crippen molar-refractivity contribution in [3.05, 3.63) is 52.5 Å². The summed E-state index contributed by atoms with van der Waals surface area (Å²) >= 11 is 6.14. The van der Waals surface area contributed by atoms with Gasteiger partial charge in [0.25, 0.3) is 0 Å². The third-order valence-corrected chi connectivity index (χ3v) is 7.69. The molecule has 32 heavy (non-hydrogen) atoms. The molecule has 1 amide bonds. The average Bonchev–Trinajstić information content (AvgIpc) is 2.77. The van der Waals surface area contributed by atoms with Crippen LogP contribution in [0.15, 0.2) is 41.3 Å². The monoisotopic (exact) mass is 479 g/mol. The fourth-order valence-electron chi connectivity index (χ4n) is 3.78. The van der Waals surface area contributed by atoms with Crippen molar-refractivity contribution >= 4 is 33.2 Å². The van der Waals surface area contributed by atoms with Crippen molar-refractivity contribution in [2.24, 2.45) is 0 Å². The van der Waals surface area contributed by atoms with Gasteiger partial charge in [-0.05, 0) is 62.2 Å². The van der Waals surface area contributed by atoms with E-state index in [0.717, 1.165) is 21.1 Å². The minimum Gasteiger partial charge on any atom is -0.494 e. The Morgan fingerprint density at radius 3 is 2.38 bits per heavy atom. The summed E-state index contributed by atoms with van der Waals surface area (Å²) in [5.74, 6) is 0.444. The second-order valence-corrected chi connectivity index (χ2v) is 10.4. The number of hydrogen-bond donors (Lipinski definition) is 0. The zero-order chi connectivity index (χ0) is 23.5. The maximum atomic E-state index is 13.0. The molecule has 1 saturated heterocycles. The summed E-state index contributed by atoms with van der Waals surface area (Å²) < 4.78 is 32.5. The molecular weight excluding hydrogens is 450 g/mol. The summed E-state index contributed by atoms with van der Waals surface area (Å²) in [7, 11) is -2.35. The Kier molecular flexibility index (Phi) is 7.69. The Morgan fingerprint density at radius 2 is 1.75 bits per heavy atom. The van der Waals surface area contributed by atoms with Gasteiger partial charge in [0.2, 0.25) is 15.9 Å². The summed E-state index contributed by atoms with van der Waals surface area (Å²) in [6.07, 6.45) is 0. The lowest BCUT2D eigenvalue weighted by Crippen LogP contribution is -2.51. The summed E-state index contributed by atoms with van der Waals surface area (Å²) in [6.45, 7) is 8.41. The number of nitrogens with zero attached hydrogens (tertiary/aromatic N) is 3. The van der Waals surface area contributed by atoms with E-state index >= 15 is 0 Å². The van der Waals surface area contributed by atoms with E-state index in [0.29, 0.717) is 43.6 Å². The summed E-state index contributed by atoms with van der Waals surface area (Å²) in [5.41, 5.74) is 2.93. The molecule has 0 bridgehead atoms. The van der Waals surface area contributed by atoms with E-state index in [1.54, 1.807) is 24.0 Å². The lowest BCUT2D eigenvalue weighted by atomic mass is 10.1. The topological polar surface area (TPSA) is 70.2 Å². The van der Waals surface area contributed by atoms with Gasteiger partial charge < -0.3 is 14.5 Å². The fourth-order valence-corrected chi connectivity index (χ4v) is 5.15. The highest BCUT2D eigenvalue weighted by Gasteiger charge is 2.28. The number of benzene rings is 2. The maximum Gasteiger partial charge on any atom is 0.243 e. The summed E-state index contributed by atoms with van der Waals surface area (Å²) in [6, 6.07) is 10.5. The molecule has 0 spiro atoms. The van der Waals surface area contributed by atoms with E-state index in [9.17, 15) is 13.2 Å². The van der Waals surface area contributed by atoms with Gasteiger partial charge in [0, 0.05) is 43.9 Å². The van der Waals surface area contributed by atoms with E-state index in [4.69, 9.17) is 16.3 Å². The van der Waals surface area contributed by atoms with Crippen LogP contribution in [-0.2, 0) is 14.8 Å². The number of anilines is 1. The van der Waals surface area contributed by atoms with E-state index in [2.05, 4.69) is 4.90 Å². The predicted octanol–water partition coefficient (Wildman–Crippen LogP) is 3.32. The van der Waals surface area contributed by atoms with Crippen LogP contribution >= 0.6 is 11.6 Å². The first-order chi connectivity index (χ1) is 15.1. The van der Waals surface area contributed by atoms with Gasteiger partial charge in [0.05, 0.1) is 18.0 Å². The molecule has 3 rings (SSSR count). The molecular formula is C23H30ClN3O4S. The van der Waals surface area contributed by atoms with Gasteiger partial charge in [-0.3, -0.25) is 4.79 Å². The van der Waals surface area contributed by atoms with Crippen LogP contribution in [0, 0.1) is 13.8 Å². The standard InChI is InChI=1S/C23H30ClN3O4S/c1-5-31-22-9-8-20(14-18(22)3)32(29,30)25(4)16-23(28)27-12-10-26(11-13-27)21-15-19(24)7-6-17(21)2/h6-9,14-15H,5,10-13,16H2,1-4H3. The fraction of sp³-hybridized carbons (Fsp3) is 0.435. The molecule has 2 aromatic rings. The molecule has 1 aliphatic rings. The molecule has 0 atom stereocenters. The number of aryl methyl sites for hydroxylation is 2. The number of sulfonamides is 1. The first-order valence-electron chi connectivity index (χ1n) is 10.6. The van der Waals surface area contributed by atoms with Gasteiger partial charge in [-0.15, -0.1) is 0 Å². The molecule has 9 heteroatoms. The highest BCUT2D eigenvalue weighted by Crippen LogP contribution is 2.26. The first kappa shape index (κ1) is 24.4. The number of piperazine rings is 1. The zero-order valence-corrected chi connectivity index (χ0v) is 20.5. The zero-order valence-electron chi connectivity index (χ0n) is 19.0. The molecule has 1 heterocycles. The molecule has 7 nitrogen and oxygen atoms in total. The van der Waals surface area contributed by atoms with E-state index in [-0.39, 0.29) is 17.3 Å². The normalized spacial score (nSPS) is 14.7. The first-order valence-corrected chi connectivity index (χ1v) is 12.4. The average molecular weight is 480 g/mol. The lowest BCUT2D eigenvalue weighted by Gasteiger charge is -2.37. The SMILES string of the molecule is CCOc1ccc(S(=O)(=O)N(C)CC(=O)N2CCN(c3cc(Cl)ccc3C)CC2)cc1C. The molecule has 0 aliphatic carbocycles.